The summed E-state index contributed by atoms with van der Waals surface area (Å²) < 4.78 is 48.6. The number of carbonyl (C=O) groups excluding carboxylic acids is 2. The fraction of sp³-hybridized carbons (Fsp3) is 0.400. The highest BCUT2D eigenvalue weighted by Gasteiger charge is 2.21. The van der Waals surface area contributed by atoms with E-state index in [1.165, 1.54) is 24.3 Å². The van der Waals surface area contributed by atoms with E-state index in [9.17, 15) is 18.0 Å². The normalized spacial score (nSPS) is 13.3. The summed E-state index contributed by atoms with van der Waals surface area (Å²) in [4.78, 5) is 26.6. The molecule has 1 aliphatic heterocycles. The van der Waals surface area contributed by atoms with Crippen LogP contribution in [0, 0.1) is 11.3 Å². The van der Waals surface area contributed by atoms with Crippen LogP contribution in [-0.2, 0) is 29.1 Å². The molecule has 1 aliphatic rings. The second-order valence-electron chi connectivity index (χ2n) is 7.95. The number of ether oxygens (including phenoxy) is 4. The zero-order chi connectivity index (χ0) is 27.5. The summed E-state index contributed by atoms with van der Waals surface area (Å²) in [6.07, 6.45) is 0. The second-order valence-corrected chi connectivity index (χ2v) is 9.72. The van der Waals surface area contributed by atoms with Gasteiger partial charge < -0.3 is 29.2 Å². The molecule has 0 radical (unpaired) electrons. The van der Waals surface area contributed by atoms with Crippen LogP contribution in [0.25, 0.3) is 0 Å². The number of hydrogen-bond acceptors (Lipinski definition) is 10. The number of nitriles is 1. The number of nitrogens with one attached hydrogen (secondary N) is 2. The van der Waals surface area contributed by atoms with Crippen LogP contribution in [0.4, 0.5) is 11.4 Å². The summed E-state index contributed by atoms with van der Waals surface area (Å²) in [5.74, 6) is -0.606. The molecule has 204 valence electrons. The minimum Gasteiger partial charge on any atom is -0.492 e. The Morgan fingerprint density at radius 3 is 2.34 bits per heavy atom. The monoisotopic (exact) mass is 546 g/mol. The molecule has 0 aliphatic carbocycles. The number of hydrogen-bond donors (Lipinski definition) is 2. The second kappa shape index (κ2) is 13.6. The van der Waals surface area contributed by atoms with E-state index < -0.39 is 35.1 Å². The van der Waals surface area contributed by atoms with Crippen LogP contribution in [-0.4, -0.2) is 73.0 Å². The van der Waals surface area contributed by atoms with Gasteiger partial charge in [-0.1, -0.05) is 0 Å². The molecule has 13 heteroatoms. The Balaban J connectivity index is 1.61. The van der Waals surface area contributed by atoms with Crippen LogP contribution in [0.5, 0.6) is 11.5 Å². The first-order valence-corrected chi connectivity index (χ1v) is 13.5. The van der Waals surface area contributed by atoms with Crippen LogP contribution < -0.4 is 24.4 Å². The molecule has 1 fully saturated rings. The Hall–Kier alpha value is -3.86. The number of rotatable bonds is 12. The van der Waals surface area contributed by atoms with Gasteiger partial charge in [-0.25, -0.2) is 8.42 Å². The van der Waals surface area contributed by atoms with Crippen molar-refractivity contribution in [2.24, 2.45) is 0 Å². The molecule has 1 saturated heterocycles. The van der Waals surface area contributed by atoms with Gasteiger partial charge in [-0.2, -0.15) is 9.98 Å². The molecule has 0 spiro atoms. The van der Waals surface area contributed by atoms with Crippen molar-refractivity contribution in [1.82, 2.24) is 4.72 Å². The smallest absolute Gasteiger partial charge is 0.321 e. The third-order valence-corrected chi connectivity index (χ3v) is 6.77. The fourth-order valence-electron chi connectivity index (χ4n) is 3.57. The summed E-state index contributed by atoms with van der Waals surface area (Å²) in [7, 11) is -4.01. The van der Waals surface area contributed by atoms with Crippen molar-refractivity contribution in [2.45, 2.75) is 18.7 Å². The first-order chi connectivity index (χ1) is 18.3. The van der Waals surface area contributed by atoms with Crippen LogP contribution in [0.1, 0.15) is 19.4 Å². The van der Waals surface area contributed by atoms with Gasteiger partial charge in [-0.05, 0) is 38.1 Å². The SMILES string of the molecule is CCOc1cc(N2CCOCC2)c(OCC)cc1NC(=O)COC(=O)CNS(=O)(=O)c1ccc(C#N)cc1. The van der Waals surface area contributed by atoms with Gasteiger partial charge in [0.1, 0.15) is 18.0 Å². The Kier molecular flexibility index (Phi) is 10.3. The van der Waals surface area contributed by atoms with E-state index in [4.69, 9.17) is 24.2 Å². The lowest BCUT2D eigenvalue weighted by molar-refractivity contribution is -0.146. The predicted molar refractivity (Wildman–Crippen MR) is 138 cm³/mol. The van der Waals surface area contributed by atoms with Crippen molar-refractivity contribution < 1.29 is 37.0 Å². The molecular weight excluding hydrogens is 516 g/mol. The molecule has 0 atom stereocenters. The molecule has 0 aromatic heterocycles. The molecule has 3 rings (SSSR count). The van der Waals surface area contributed by atoms with Crippen LogP contribution in [0.2, 0.25) is 0 Å². The Morgan fingerprint density at radius 2 is 1.71 bits per heavy atom. The highest BCUT2D eigenvalue weighted by Crippen LogP contribution is 2.39. The van der Waals surface area contributed by atoms with Gasteiger partial charge in [-0.3, -0.25) is 9.59 Å². The fourth-order valence-corrected chi connectivity index (χ4v) is 4.54. The van der Waals surface area contributed by atoms with Crippen molar-refractivity contribution >= 4 is 33.3 Å². The number of carbonyl (C=O) groups is 2. The molecular formula is C25H30N4O8S. The third-order valence-electron chi connectivity index (χ3n) is 5.35. The van der Waals surface area contributed by atoms with E-state index in [0.717, 1.165) is 5.69 Å². The number of morpholine rings is 1. The lowest BCUT2D eigenvalue weighted by Crippen LogP contribution is -2.36. The van der Waals surface area contributed by atoms with E-state index in [2.05, 4.69) is 14.9 Å². The maximum absolute atomic E-state index is 12.5. The molecule has 2 aromatic carbocycles. The largest absolute Gasteiger partial charge is 0.492 e. The van der Waals surface area contributed by atoms with Crippen LogP contribution in [0.3, 0.4) is 0 Å². The first kappa shape index (κ1) is 28.7. The van der Waals surface area contributed by atoms with Crippen molar-refractivity contribution in [2.75, 3.05) is 62.9 Å². The highest BCUT2D eigenvalue weighted by atomic mass is 32.2. The molecule has 1 heterocycles. The van der Waals surface area contributed by atoms with Crippen LogP contribution >= 0.6 is 0 Å². The Morgan fingerprint density at radius 1 is 1.05 bits per heavy atom. The Bertz CT molecular complexity index is 1270. The number of esters is 1. The lowest BCUT2D eigenvalue weighted by atomic mass is 10.2. The molecule has 12 nitrogen and oxygen atoms in total. The molecule has 0 saturated carbocycles. The van der Waals surface area contributed by atoms with Gasteiger partial charge in [0.05, 0.1) is 54.3 Å². The highest BCUT2D eigenvalue weighted by molar-refractivity contribution is 7.89. The van der Waals surface area contributed by atoms with Crippen molar-refractivity contribution in [3.8, 4) is 17.6 Å². The van der Waals surface area contributed by atoms with Crippen molar-refractivity contribution in [1.29, 1.82) is 5.26 Å². The van der Waals surface area contributed by atoms with Gasteiger partial charge in [-0.15, -0.1) is 0 Å². The lowest BCUT2D eigenvalue weighted by Gasteiger charge is -2.31. The summed E-state index contributed by atoms with van der Waals surface area (Å²) in [5, 5.41) is 11.5. The Labute approximate surface area is 221 Å². The van der Waals surface area contributed by atoms with Gasteiger partial charge >= 0.3 is 5.97 Å². The van der Waals surface area contributed by atoms with E-state index in [1.54, 1.807) is 12.1 Å². The average molecular weight is 547 g/mol. The zero-order valence-corrected chi connectivity index (χ0v) is 22.0. The topological polar surface area (TPSA) is 156 Å². The third kappa shape index (κ3) is 7.82. The minimum atomic E-state index is -4.01. The van der Waals surface area contributed by atoms with Gasteiger partial charge in [0.25, 0.3) is 5.91 Å². The first-order valence-electron chi connectivity index (χ1n) is 12.0. The average Bonchev–Trinajstić information content (AvgIpc) is 2.93. The van der Waals surface area contributed by atoms with E-state index in [-0.39, 0.29) is 4.90 Å². The van der Waals surface area contributed by atoms with Crippen LogP contribution in [0.15, 0.2) is 41.3 Å². The summed E-state index contributed by atoms with van der Waals surface area (Å²) in [6, 6.07) is 10.5. The quantitative estimate of drug-likeness (QED) is 0.375. The maximum Gasteiger partial charge on any atom is 0.321 e. The molecule has 0 bridgehead atoms. The summed E-state index contributed by atoms with van der Waals surface area (Å²) in [5.41, 5.74) is 1.46. The molecule has 38 heavy (non-hydrogen) atoms. The number of nitrogens with zero attached hydrogens (tertiary/aromatic N) is 2. The number of anilines is 2. The predicted octanol–water partition coefficient (Wildman–Crippen LogP) is 1.65. The molecule has 2 aromatic rings. The molecule has 2 N–H and O–H groups in total. The summed E-state index contributed by atoms with van der Waals surface area (Å²) in [6.45, 7) is 5.66. The number of sulfonamides is 1. The summed E-state index contributed by atoms with van der Waals surface area (Å²) >= 11 is 0. The minimum absolute atomic E-state index is 0.115. The molecule has 1 amide bonds. The van der Waals surface area contributed by atoms with Crippen molar-refractivity contribution in [3.63, 3.8) is 0 Å². The number of benzene rings is 2. The molecule has 0 unspecified atom stereocenters. The maximum atomic E-state index is 12.5. The standard InChI is InChI=1S/C25H30N4O8S/c1-3-35-22-14-21(29-9-11-34-12-10-29)23(36-4-2)13-20(22)28-24(30)17-37-25(31)16-27-38(32,33)19-7-5-18(15-26)6-8-19/h5-8,13-14,27H,3-4,9-12,16-17H2,1-2H3,(H,28,30). The van der Waals surface area contributed by atoms with Gasteiger partial charge in [0.2, 0.25) is 10.0 Å². The van der Waals surface area contributed by atoms with Gasteiger partial charge in [0, 0.05) is 25.2 Å². The van der Waals surface area contributed by atoms with Gasteiger partial charge in [0.15, 0.2) is 6.61 Å². The van der Waals surface area contributed by atoms with E-state index >= 15 is 0 Å². The number of amides is 1. The van der Waals surface area contributed by atoms with E-state index in [1.807, 2.05) is 19.9 Å². The van der Waals surface area contributed by atoms with E-state index in [0.29, 0.717) is 62.3 Å². The van der Waals surface area contributed by atoms with Crippen molar-refractivity contribution in [3.05, 3.63) is 42.0 Å². The zero-order valence-electron chi connectivity index (χ0n) is 21.2.